The third-order valence-electron chi connectivity index (χ3n) is 3.35. The Morgan fingerprint density at radius 2 is 2.00 bits per heavy atom. The molecule has 10 heteroatoms. The maximum Gasteiger partial charge on any atom is 0.291 e. The molecule has 1 aromatic carbocycles. The molecular formula is C17H13Cl2N3O3S2. The Balaban J connectivity index is 1.89. The number of thioether (sulfide) groups is 1. The van der Waals surface area contributed by atoms with Crippen LogP contribution in [0.1, 0.15) is 4.88 Å². The van der Waals surface area contributed by atoms with E-state index in [-0.39, 0.29) is 17.7 Å². The fourth-order valence-electron chi connectivity index (χ4n) is 2.24. The molecular weight excluding hydrogens is 429 g/mol. The minimum atomic E-state index is -0.0614. The second-order valence-electron chi connectivity index (χ2n) is 5.18. The number of hydrogen-bond acceptors (Lipinski definition) is 6. The third-order valence-corrected chi connectivity index (χ3v) is 6.07. The maximum atomic E-state index is 11.7. The number of furan rings is 1. The van der Waals surface area contributed by atoms with Crippen LogP contribution in [0.4, 0.5) is 11.6 Å². The second-order valence-corrected chi connectivity index (χ2v) is 8.18. The van der Waals surface area contributed by atoms with Crippen molar-refractivity contribution < 1.29 is 13.9 Å². The second kappa shape index (κ2) is 8.26. The molecule has 0 radical (unpaired) electrons. The SMILES string of the molecule is CSc1sc(C(=N)N)cc1N(C=O)c1ccc(Oc2cc(Cl)cc(Cl)c2)o1. The van der Waals surface area contributed by atoms with Gasteiger partial charge in [0, 0.05) is 22.2 Å². The lowest BCUT2D eigenvalue weighted by Gasteiger charge is -2.13. The number of halogens is 2. The van der Waals surface area contributed by atoms with Crippen LogP contribution in [0.5, 0.6) is 11.7 Å². The van der Waals surface area contributed by atoms with Gasteiger partial charge in [0.2, 0.25) is 12.3 Å². The van der Waals surface area contributed by atoms with Crippen LogP contribution in [0.2, 0.25) is 10.0 Å². The van der Waals surface area contributed by atoms with Crippen molar-refractivity contribution in [2.24, 2.45) is 5.73 Å². The van der Waals surface area contributed by atoms with E-state index in [0.29, 0.717) is 32.8 Å². The summed E-state index contributed by atoms with van der Waals surface area (Å²) in [4.78, 5) is 13.6. The number of nitrogens with two attached hydrogens (primary N) is 1. The summed E-state index contributed by atoms with van der Waals surface area (Å²) in [6.45, 7) is 0. The van der Waals surface area contributed by atoms with Crippen molar-refractivity contribution in [3.8, 4) is 11.7 Å². The molecule has 140 valence electrons. The standard InChI is InChI=1S/C17H13Cl2N3O3S2/c1-26-17-12(7-13(27-17)16(20)21)22(8-23)14-2-3-15(25-14)24-11-5-9(18)4-10(19)6-11/h2-8H,1H3,(H3,20,21). The van der Waals surface area contributed by atoms with Gasteiger partial charge in [-0.3, -0.25) is 15.1 Å². The van der Waals surface area contributed by atoms with Crippen LogP contribution in [0, 0.1) is 5.41 Å². The van der Waals surface area contributed by atoms with Gasteiger partial charge in [-0.25, -0.2) is 0 Å². The zero-order valence-electron chi connectivity index (χ0n) is 13.9. The predicted molar refractivity (Wildman–Crippen MR) is 111 cm³/mol. The lowest BCUT2D eigenvalue weighted by atomic mass is 10.3. The number of carbonyl (C=O) groups is 1. The first-order chi connectivity index (χ1) is 12.9. The molecule has 1 amide bonds. The number of anilines is 2. The van der Waals surface area contributed by atoms with E-state index in [9.17, 15) is 4.79 Å². The van der Waals surface area contributed by atoms with Crippen molar-refractivity contribution in [2.45, 2.75) is 4.21 Å². The summed E-state index contributed by atoms with van der Waals surface area (Å²) in [5, 5.41) is 8.45. The van der Waals surface area contributed by atoms with Crippen molar-refractivity contribution in [1.82, 2.24) is 0 Å². The molecule has 0 unspecified atom stereocenters. The van der Waals surface area contributed by atoms with E-state index in [1.54, 1.807) is 36.4 Å². The van der Waals surface area contributed by atoms with Crippen LogP contribution in [0.15, 0.2) is 45.0 Å². The topological polar surface area (TPSA) is 92.6 Å². The Hall–Kier alpha value is -2.13. The number of amides is 1. The lowest BCUT2D eigenvalue weighted by molar-refractivity contribution is -0.107. The van der Waals surface area contributed by atoms with Gasteiger partial charge in [-0.1, -0.05) is 23.2 Å². The van der Waals surface area contributed by atoms with E-state index in [1.165, 1.54) is 28.0 Å². The largest absolute Gasteiger partial charge is 0.426 e. The molecule has 0 aliphatic carbocycles. The fourth-order valence-corrected chi connectivity index (χ4v) is 4.45. The number of ether oxygens (including phenoxy) is 1. The van der Waals surface area contributed by atoms with Crippen LogP contribution in [-0.2, 0) is 4.79 Å². The normalized spacial score (nSPS) is 10.6. The first-order valence-corrected chi connectivity index (χ1v) is 10.2. The number of rotatable bonds is 7. The summed E-state index contributed by atoms with van der Waals surface area (Å²) in [7, 11) is 0. The molecule has 0 saturated carbocycles. The van der Waals surface area contributed by atoms with Gasteiger partial charge in [0.1, 0.15) is 11.6 Å². The Morgan fingerprint density at radius 1 is 1.30 bits per heavy atom. The molecule has 0 atom stereocenters. The summed E-state index contributed by atoms with van der Waals surface area (Å²) in [5.41, 5.74) is 6.14. The number of thiophene rings is 1. The molecule has 3 N–H and O–H groups in total. The summed E-state index contributed by atoms with van der Waals surface area (Å²) in [6.07, 6.45) is 2.51. The Bertz CT molecular complexity index is 983. The zero-order valence-corrected chi connectivity index (χ0v) is 17.0. The number of amidine groups is 1. The van der Waals surface area contributed by atoms with Gasteiger partial charge in [0.05, 0.1) is 14.8 Å². The summed E-state index contributed by atoms with van der Waals surface area (Å²) >= 11 is 14.7. The molecule has 3 rings (SSSR count). The predicted octanol–water partition coefficient (Wildman–Crippen LogP) is 5.74. The third kappa shape index (κ3) is 4.41. The van der Waals surface area contributed by atoms with Crippen molar-refractivity contribution in [3.63, 3.8) is 0 Å². The van der Waals surface area contributed by atoms with Gasteiger partial charge in [0.15, 0.2) is 0 Å². The quantitative estimate of drug-likeness (QED) is 0.211. The van der Waals surface area contributed by atoms with Crippen LogP contribution in [0.25, 0.3) is 0 Å². The Kier molecular flexibility index (Phi) is 6.01. The number of nitrogens with zero attached hydrogens (tertiary/aromatic N) is 1. The number of nitrogen functional groups attached to an aromatic ring is 1. The monoisotopic (exact) mass is 441 g/mol. The zero-order chi connectivity index (χ0) is 19.6. The van der Waals surface area contributed by atoms with Crippen molar-refractivity contribution in [3.05, 3.63) is 51.3 Å². The first-order valence-electron chi connectivity index (χ1n) is 7.41. The van der Waals surface area contributed by atoms with Gasteiger partial charge in [-0.05, 0) is 30.5 Å². The lowest BCUT2D eigenvalue weighted by Crippen LogP contribution is -2.13. The first kappa shape index (κ1) is 19.6. The van der Waals surface area contributed by atoms with Crippen LogP contribution in [-0.4, -0.2) is 18.5 Å². The summed E-state index contributed by atoms with van der Waals surface area (Å²) in [6, 6.07) is 9.63. The maximum absolute atomic E-state index is 11.7. The van der Waals surface area contributed by atoms with Crippen molar-refractivity contribution in [2.75, 3.05) is 11.2 Å². The van der Waals surface area contributed by atoms with Crippen LogP contribution in [0.3, 0.4) is 0 Å². The van der Waals surface area contributed by atoms with E-state index >= 15 is 0 Å². The highest BCUT2D eigenvalue weighted by molar-refractivity contribution is 8.00. The van der Waals surface area contributed by atoms with Gasteiger partial charge in [-0.2, -0.15) is 0 Å². The molecule has 0 fully saturated rings. The molecule has 27 heavy (non-hydrogen) atoms. The number of carbonyl (C=O) groups excluding carboxylic acids is 1. The van der Waals surface area contributed by atoms with Gasteiger partial charge < -0.3 is 14.9 Å². The van der Waals surface area contributed by atoms with E-state index in [4.69, 9.17) is 43.5 Å². The van der Waals surface area contributed by atoms with Gasteiger partial charge in [0.25, 0.3) is 5.95 Å². The van der Waals surface area contributed by atoms with E-state index in [0.717, 1.165) is 4.21 Å². The minimum Gasteiger partial charge on any atom is -0.426 e. The van der Waals surface area contributed by atoms with Crippen LogP contribution < -0.4 is 15.4 Å². The average Bonchev–Trinajstić information content (AvgIpc) is 3.22. The molecule has 3 aromatic rings. The number of hydrogen-bond donors (Lipinski definition) is 2. The number of benzene rings is 1. The summed E-state index contributed by atoms with van der Waals surface area (Å²) < 4.78 is 12.1. The Morgan fingerprint density at radius 3 is 2.59 bits per heavy atom. The van der Waals surface area contributed by atoms with Crippen molar-refractivity contribution in [1.29, 1.82) is 5.41 Å². The highest BCUT2D eigenvalue weighted by atomic mass is 35.5. The highest BCUT2D eigenvalue weighted by Crippen LogP contribution is 2.41. The Labute approximate surface area is 173 Å². The molecule has 0 aliphatic heterocycles. The summed E-state index contributed by atoms with van der Waals surface area (Å²) in [5.74, 6) is 0.776. The average molecular weight is 442 g/mol. The van der Waals surface area contributed by atoms with Gasteiger partial charge in [-0.15, -0.1) is 23.1 Å². The molecule has 0 bridgehead atoms. The number of nitrogens with one attached hydrogen (secondary N) is 1. The van der Waals surface area contributed by atoms with E-state index < -0.39 is 0 Å². The smallest absolute Gasteiger partial charge is 0.291 e. The van der Waals surface area contributed by atoms with Crippen LogP contribution >= 0.6 is 46.3 Å². The fraction of sp³-hybridized carbons (Fsp3) is 0.0588. The van der Waals surface area contributed by atoms with Crippen molar-refractivity contribution >= 4 is 70.1 Å². The van der Waals surface area contributed by atoms with E-state index in [1.807, 2.05) is 6.26 Å². The van der Waals surface area contributed by atoms with E-state index in [2.05, 4.69) is 0 Å². The molecule has 0 spiro atoms. The minimum absolute atomic E-state index is 0.0614. The molecule has 2 aromatic heterocycles. The molecule has 0 saturated heterocycles. The molecule has 0 aliphatic rings. The molecule has 6 nitrogen and oxygen atoms in total. The van der Waals surface area contributed by atoms with Gasteiger partial charge >= 0.3 is 0 Å². The molecule has 2 heterocycles. The highest BCUT2D eigenvalue weighted by Gasteiger charge is 2.20.